The highest BCUT2D eigenvalue weighted by Gasteiger charge is 2.58. The molecule has 0 bridgehead atoms. The molecule has 1 aromatic carbocycles. The fourth-order valence-electron chi connectivity index (χ4n) is 6.04. The summed E-state index contributed by atoms with van der Waals surface area (Å²) >= 11 is 5.97. The molecule has 2 heterocycles. The molecule has 1 aliphatic carbocycles. The normalized spacial score (nSPS) is 24.5. The lowest BCUT2D eigenvalue weighted by molar-refractivity contribution is -0.154. The zero-order valence-electron chi connectivity index (χ0n) is 21.2. The summed E-state index contributed by atoms with van der Waals surface area (Å²) in [6.45, 7) is 5.82. The summed E-state index contributed by atoms with van der Waals surface area (Å²) in [6.07, 6.45) is 4.40. The number of nitriles is 1. The van der Waals surface area contributed by atoms with Gasteiger partial charge in [-0.1, -0.05) is 82.0 Å². The molecule has 1 saturated carbocycles. The van der Waals surface area contributed by atoms with Gasteiger partial charge in [0.2, 0.25) is 5.91 Å². The quantitative estimate of drug-likeness (QED) is 0.476. The Bertz CT molecular complexity index is 1200. The fraction of sp³-hybridized carbons (Fsp3) is 0.500. The van der Waals surface area contributed by atoms with Crippen LogP contribution in [0.4, 0.5) is 10.2 Å². The van der Waals surface area contributed by atoms with Crippen molar-refractivity contribution in [1.29, 1.82) is 5.26 Å². The van der Waals surface area contributed by atoms with Crippen LogP contribution in [-0.2, 0) is 9.59 Å². The number of rotatable bonds is 5. The molecule has 0 unspecified atom stereocenters. The van der Waals surface area contributed by atoms with Crippen molar-refractivity contribution in [3.05, 3.63) is 58.5 Å². The fourth-order valence-corrected chi connectivity index (χ4v) is 6.18. The molecule has 7 nitrogen and oxygen atoms in total. The first-order chi connectivity index (χ1) is 17.5. The first kappa shape index (κ1) is 26.9. The minimum Gasteiger partial charge on any atom is -0.480 e. The van der Waals surface area contributed by atoms with Crippen molar-refractivity contribution in [3.63, 3.8) is 0 Å². The lowest BCUT2D eigenvalue weighted by Crippen LogP contribution is -2.49. The number of hydrogen-bond acceptors (Lipinski definition) is 5. The number of hydrogen-bond donors (Lipinski definition) is 2. The summed E-state index contributed by atoms with van der Waals surface area (Å²) < 4.78 is 14.1. The monoisotopic (exact) mass is 526 g/mol. The summed E-state index contributed by atoms with van der Waals surface area (Å²) in [5, 5.41) is 23.1. The molecule has 2 aromatic rings. The molecule has 1 amide bonds. The predicted molar refractivity (Wildman–Crippen MR) is 138 cm³/mol. The number of pyridine rings is 1. The van der Waals surface area contributed by atoms with E-state index in [0.717, 1.165) is 43.7 Å². The Balaban J connectivity index is 1.90. The van der Waals surface area contributed by atoms with E-state index >= 15 is 0 Å². The van der Waals surface area contributed by atoms with E-state index < -0.39 is 46.4 Å². The number of carboxylic acid groups (broad SMARTS) is 1. The van der Waals surface area contributed by atoms with Gasteiger partial charge in [0.25, 0.3) is 0 Å². The summed E-state index contributed by atoms with van der Waals surface area (Å²) in [5.74, 6) is -2.82. The van der Waals surface area contributed by atoms with Crippen LogP contribution in [0.15, 0.2) is 36.4 Å². The molecule has 0 spiro atoms. The molecule has 4 rings (SSSR count). The van der Waals surface area contributed by atoms with Gasteiger partial charge in [-0.3, -0.25) is 4.79 Å². The van der Waals surface area contributed by atoms with E-state index in [1.54, 1.807) is 4.90 Å². The smallest absolute Gasteiger partial charge is 0.326 e. The van der Waals surface area contributed by atoms with Crippen molar-refractivity contribution in [2.75, 3.05) is 5.32 Å². The second-order valence-electron chi connectivity index (χ2n) is 11.0. The van der Waals surface area contributed by atoms with Crippen molar-refractivity contribution in [2.24, 2.45) is 17.3 Å². The topological polar surface area (TPSA) is 106 Å². The maximum absolute atomic E-state index is 14.1. The molecule has 4 atom stereocenters. The third-order valence-corrected chi connectivity index (χ3v) is 7.89. The Morgan fingerprint density at radius 1 is 1.19 bits per heavy atom. The van der Waals surface area contributed by atoms with Gasteiger partial charge in [-0.05, 0) is 29.9 Å². The molecule has 1 aromatic heterocycles. The van der Waals surface area contributed by atoms with Crippen molar-refractivity contribution in [3.8, 4) is 6.07 Å². The van der Waals surface area contributed by atoms with E-state index in [2.05, 4.69) is 10.3 Å². The number of carbonyl (C=O) groups excluding carboxylic acids is 1. The van der Waals surface area contributed by atoms with Crippen molar-refractivity contribution < 1.29 is 19.1 Å². The van der Waals surface area contributed by atoms with E-state index in [9.17, 15) is 24.3 Å². The van der Waals surface area contributed by atoms with Crippen LogP contribution in [0.1, 0.15) is 70.0 Å². The zero-order chi connectivity index (χ0) is 26.9. The van der Waals surface area contributed by atoms with Crippen LogP contribution in [0.2, 0.25) is 5.15 Å². The Labute approximate surface area is 221 Å². The molecule has 1 saturated heterocycles. The molecule has 1 aliphatic heterocycles. The third-order valence-electron chi connectivity index (χ3n) is 7.63. The minimum absolute atomic E-state index is 0.0506. The Morgan fingerprint density at radius 2 is 1.84 bits per heavy atom. The van der Waals surface area contributed by atoms with Gasteiger partial charge in [-0.15, -0.1) is 0 Å². The van der Waals surface area contributed by atoms with E-state index in [-0.39, 0.29) is 23.2 Å². The average Bonchev–Trinajstić information content (AvgIpc) is 3.22. The van der Waals surface area contributed by atoms with Crippen LogP contribution in [0.25, 0.3) is 0 Å². The molecule has 37 heavy (non-hydrogen) atoms. The molecular formula is C28H32ClFN4O3. The zero-order valence-corrected chi connectivity index (χ0v) is 22.0. The van der Waals surface area contributed by atoms with Crippen LogP contribution in [0, 0.1) is 34.4 Å². The first-order valence-corrected chi connectivity index (χ1v) is 13.0. The number of halogens is 2. The van der Waals surface area contributed by atoms with Crippen molar-refractivity contribution in [2.45, 2.75) is 71.0 Å². The van der Waals surface area contributed by atoms with E-state index in [0.29, 0.717) is 0 Å². The number of anilines is 1. The van der Waals surface area contributed by atoms with Gasteiger partial charge in [-0.2, -0.15) is 5.26 Å². The number of nitrogens with one attached hydrogen (secondary N) is 1. The van der Waals surface area contributed by atoms with Gasteiger partial charge in [0.15, 0.2) is 11.0 Å². The number of aliphatic carboxylic acids is 1. The number of carboxylic acids is 1. The largest absolute Gasteiger partial charge is 0.480 e. The molecule has 2 fully saturated rings. The van der Waals surface area contributed by atoms with Crippen molar-refractivity contribution >= 4 is 29.3 Å². The van der Waals surface area contributed by atoms with Gasteiger partial charge in [-0.25, -0.2) is 14.2 Å². The van der Waals surface area contributed by atoms with E-state index in [1.165, 1.54) is 0 Å². The van der Waals surface area contributed by atoms with Gasteiger partial charge < -0.3 is 15.3 Å². The van der Waals surface area contributed by atoms with Gasteiger partial charge in [0.1, 0.15) is 17.9 Å². The Hall–Kier alpha value is -3.18. The first-order valence-electron chi connectivity index (χ1n) is 12.7. The van der Waals surface area contributed by atoms with Crippen LogP contribution < -0.4 is 5.32 Å². The molecule has 196 valence electrons. The summed E-state index contributed by atoms with van der Waals surface area (Å²) in [5.41, 5.74) is 0.158. The second kappa shape index (κ2) is 10.7. The predicted octanol–water partition coefficient (Wildman–Crippen LogP) is 5.81. The standard InChI is InChI=1S/C28H32ClFN4O3/c1-28(2,3)20-21(32-25-18(15-31)14-19(30)24(29)33-25)22(16-10-6-4-7-11-16)34(23(20)27(36)37)26(35)17-12-8-5-9-13-17/h4,6-7,10-11,14,17,20-23H,5,8-9,12-13H2,1-3H3,(H,32,33)(H,36,37)/t20-,21-,22-,23-/m0/s1. The lowest BCUT2D eigenvalue weighted by atomic mass is 9.72. The van der Waals surface area contributed by atoms with Crippen molar-refractivity contribution in [1.82, 2.24) is 9.88 Å². The maximum Gasteiger partial charge on any atom is 0.326 e. The minimum atomic E-state index is -1.11. The van der Waals surface area contributed by atoms with Crippen LogP contribution in [-0.4, -0.2) is 39.0 Å². The SMILES string of the molecule is CC(C)(C)[C@H]1[C@H](Nc2nc(Cl)c(F)cc2C#N)[C@H](c2ccccc2)N(C(=O)C2CCCCC2)[C@@H]1C(=O)O. The number of likely N-dealkylation sites (tertiary alicyclic amines) is 1. The van der Waals surface area contributed by atoms with Gasteiger partial charge in [0.05, 0.1) is 17.6 Å². The van der Waals surface area contributed by atoms with Gasteiger partial charge >= 0.3 is 5.97 Å². The summed E-state index contributed by atoms with van der Waals surface area (Å²) in [4.78, 5) is 32.6. The highest BCUT2D eigenvalue weighted by atomic mass is 35.5. The second-order valence-corrected chi connectivity index (χ2v) is 11.4. The summed E-state index contributed by atoms with van der Waals surface area (Å²) in [7, 11) is 0. The van der Waals surface area contributed by atoms with Gasteiger partial charge in [0, 0.05) is 11.8 Å². The number of carbonyl (C=O) groups is 2. The highest BCUT2D eigenvalue weighted by molar-refractivity contribution is 6.29. The van der Waals surface area contributed by atoms with Crippen LogP contribution in [0.3, 0.4) is 0 Å². The van der Waals surface area contributed by atoms with E-state index in [4.69, 9.17) is 11.6 Å². The molecule has 2 N–H and O–H groups in total. The average molecular weight is 527 g/mol. The number of aromatic nitrogens is 1. The Morgan fingerprint density at radius 3 is 2.41 bits per heavy atom. The number of nitrogens with zero attached hydrogens (tertiary/aromatic N) is 3. The molecule has 2 aliphatic rings. The molecular weight excluding hydrogens is 495 g/mol. The molecule has 9 heteroatoms. The lowest BCUT2D eigenvalue weighted by Gasteiger charge is -2.36. The molecule has 0 radical (unpaired) electrons. The van der Waals surface area contributed by atoms with Crippen LogP contribution >= 0.6 is 11.6 Å². The summed E-state index contributed by atoms with van der Waals surface area (Å²) in [6, 6.07) is 9.86. The number of amides is 1. The van der Waals surface area contributed by atoms with E-state index in [1.807, 2.05) is 57.2 Å². The maximum atomic E-state index is 14.1. The number of benzene rings is 1. The van der Waals surface area contributed by atoms with Crippen LogP contribution in [0.5, 0.6) is 0 Å². The third kappa shape index (κ3) is 5.28. The Kier molecular flexibility index (Phi) is 7.75. The highest BCUT2D eigenvalue weighted by Crippen LogP contribution is 2.50.